The highest BCUT2D eigenvalue weighted by molar-refractivity contribution is 8.01. The summed E-state index contributed by atoms with van der Waals surface area (Å²) >= 11 is 3.25. The van der Waals surface area contributed by atoms with Gasteiger partial charge >= 0.3 is 0 Å². The van der Waals surface area contributed by atoms with Crippen molar-refractivity contribution in [1.82, 2.24) is 14.8 Å². The Morgan fingerprint density at radius 3 is 2.68 bits per heavy atom. The quantitative estimate of drug-likeness (QED) is 0.571. The van der Waals surface area contributed by atoms with Gasteiger partial charge in [0.05, 0.1) is 22.4 Å². The molecule has 186 valence electrons. The zero-order chi connectivity index (χ0) is 24.4. The van der Waals surface area contributed by atoms with Crippen LogP contribution < -0.4 is 5.32 Å². The molecule has 4 rings (SSSR count). The summed E-state index contributed by atoms with van der Waals surface area (Å²) in [5.74, 6) is 0.407. The molecule has 0 radical (unpaired) electrons. The van der Waals surface area contributed by atoms with Crippen LogP contribution in [0.4, 0.5) is 5.13 Å². The van der Waals surface area contributed by atoms with Gasteiger partial charge in [0.2, 0.25) is 17.7 Å². The summed E-state index contributed by atoms with van der Waals surface area (Å²) < 4.78 is 6.82. The maximum Gasteiger partial charge on any atom is 0.246 e. The summed E-state index contributed by atoms with van der Waals surface area (Å²) in [6, 6.07) is -0.0432. The Bertz CT molecular complexity index is 934. The van der Waals surface area contributed by atoms with Crippen LogP contribution >= 0.6 is 23.1 Å². The van der Waals surface area contributed by atoms with Gasteiger partial charge < -0.3 is 19.9 Å². The molecule has 2 saturated carbocycles. The minimum Gasteiger partial charge on any atom is -0.381 e. The van der Waals surface area contributed by atoms with Crippen LogP contribution in [-0.4, -0.2) is 76.6 Å². The number of carbonyl (C=O) groups is 3. The number of rotatable bonds is 7. The molecule has 3 amide bonds. The number of carbonyl (C=O) groups excluding carboxylic acids is 3. The fourth-order valence-corrected chi connectivity index (χ4v) is 7.32. The van der Waals surface area contributed by atoms with Gasteiger partial charge in [-0.25, -0.2) is 4.98 Å². The average Bonchev–Trinajstić information content (AvgIpc) is 3.60. The molecular weight excluding hydrogens is 472 g/mol. The summed E-state index contributed by atoms with van der Waals surface area (Å²) in [7, 11) is 1.69. The van der Waals surface area contributed by atoms with E-state index in [1.165, 1.54) is 17.4 Å². The Morgan fingerprint density at radius 1 is 1.26 bits per heavy atom. The van der Waals surface area contributed by atoms with Gasteiger partial charge in [-0.15, -0.1) is 11.8 Å². The molecule has 1 aliphatic heterocycles. The lowest BCUT2D eigenvalue weighted by atomic mass is 9.79. The normalized spacial score (nSPS) is 29.6. The third kappa shape index (κ3) is 5.66. The number of methoxy groups -OCH3 is 1. The van der Waals surface area contributed by atoms with Crippen LogP contribution in [0.15, 0.2) is 23.1 Å². The molecule has 0 spiro atoms. The van der Waals surface area contributed by atoms with E-state index in [2.05, 4.69) is 23.8 Å². The van der Waals surface area contributed by atoms with Crippen molar-refractivity contribution in [3.05, 3.63) is 18.9 Å². The van der Waals surface area contributed by atoms with Crippen molar-refractivity contribution in [1.29, 1.82) is 0 Å². The molecule has 8 nitrogen and oxygen atoms in total. The molecular formula is C24H34N4O4S2. The third-order valence-electron chi connectivity index (χ3n) is 7.12. The molecule has 2 heterocycles. The Balaban J connectivity index is 1.39. The monoisotopic (exact) mass is 506 g/mol. The molecule has 3 fully saturated rings. The summed E-state index contributed by atoms with van der Waals surface area (Å²) in [6.07, 6.45) is 6.52. The molecule has 4 unspecified atom stereocenters. The lowest BCUT2D eigenvalue weighted by Crippen LogP contribution is -2.57. The first-order valence-electron chi connectivity index (χ1n) is 12.0. The second-order valence-electron chi connectivity index (χ2n) is 9.60. The van der Waals surface area contributed by atoms with E-state index in [4.69, 9.17) is 4.74 Å². The molecule has 3 aliphatic rings. The average molecular weight is 507 g/mol. The Morgan fingerprint density at radius 2 is 2.03 bits per heavy atom. The van der Waals surface area contributed by atoms with E-state index in [0.29, 0.717) is 30.7 Å². The largest absolute Gasteiger partial charge is 0.381 e. The summed E-state index contributed by atoms with van der Waals surface area (Å²) in [6.45, 7) is 9.34. The minimum atomic E-state index is -0.213. The molecule has 10 heteroatoms. The van der Waals surface area contributed by atoms with E-state index >= 15 is 0 Å². The molecule has 2 aliphatic carbocycles. The van der Waals surface area contributed by atoms with Crippen LogP contribution in [0.1, 0.15) is 39.5 Å². The van der Waals surface area contributed by atoms with Gasteiger partial charge in [0, 0.05) is 44.0 Å². The van der Waals surface area contributed by atoms with Gasteiger partial charge in [0.15, 0.2) is 5.13 Å². The van der Waals surface area contributed by atoms with Crippen LogP contribution in [0.5, 0.6) is 0 Å². The number of hydrogen-bond donors (Lipinski definition) is 1. The number of hydrogen-bond acceptors (Lipinski definition) is 7. The van der Waals surface area contributed by atoms with Gasteiger partial charge in [-0.1, -0.05) is 24.8 Å². The van der Waals surface area contributed by atoms with Gasteiger partial charge in [-0.2, -0.15) is 0 Å². The lowest BCUT2D eigenvalue weighted by molar-refractivity contribution is -0.148. The van der Waals surface area contributed by atoms with Crippen molar-refractivity contribution in [2.24, 2.45) is 17.8 Å². The molecule has 0 aromatic carbocycles. The first kappa shape index (κ1) is 25.2. The number of anilines is 1. The minimum absolute atomic E-state index is 0.0432. The number of piperazine rings is 1. The fraction of sp³-hybridized carbons (Fsp3) is 0.667. The second kappa shape index (κ2) is 10.8. The van der Waals surface area contributed by atoms with E-state index in [1.54, 1.807) is 23.8 Å². The number of aromatic nitrogens is 1. The summed E-state index contributed by atoms with van der Waals surface area (Å²) in [4.78, 5) is 45.7. The second-order valence-corrected chi connectivity index (χ2v) is 12.2. The van der Waals surface area contributed by atoms with Crippen molar-refractivity contribution in [3.8, 4) is 0 Å². The van der Waals surface area contributed by atoms with E-state index < -0.39 is 0 Å². The van der Waals surface area contributed by atoms with Gasteiger partial charge in [-0.3, -0.25) is 14.4 Å². The summed E-state index contributed by atoms with van der Waals surface area (Å²) in [5, 5.41) is 3.82. The predicted molar refractivity (Wildman–Crippen MR) is 134 cm³/mol. The number of nitrogens with zero attached hydrogens (tertiary/aromatic N) is 3. The number of ether oxygens (including phenoxy) is 1. The zero-order valence-electron chi connectivity index (χ0n) is 20.1. The first-order valence-corrected chi connectivity index (χ1v) is 13.7. The van der Waals surface area contributed by atoms with Gasteiger partial charge in [0.1, 0.15) is 0 Å². The van der Waals surface area contributed by atoms with Crippen LogP contribution in [0.3, 0.4) is 0 Å². The van der Waals surface area contributed by atoms with Gasteiger partial charge in [-0.05, 0) is 44.6 Å². The van der Waals surface area contributed by atoms with E-state index in [0.717, 1.165) is 29.9 Å². The zero-order valence-corrected chi connectivity index (χ0v) is 21.7. The highest BCUT2D eigenvalue weighted by Crippen LogP contribution is 2.43. The van der Waals surface area contributed by atoms with E-state index in [1.807, 2.05) is 18.0 Å². The van der Waals surface area contributed by atoms with Crippen molar-refractivity contribution < 1.29 is 19.1 Å². The Labute approximate surface area is 209 Å². The van der Waals surface area contributed by atoms with Crippen LogP contribution in [-0.2, 0) is 19.1 Å². The van der Waals surface area contributed by atoms with Crippen LogP contribution in [0.2, 0.25) is 0 Å². The summed E-state index contributed by atoms with van der Waals surface area (Å²) in [5.41, 5.74) is 0. The standard InChI is InChI=1S/C24H34N4O4S2/c1-5-20(29)28-9-8-27(13-15(28)3)23(31)17-11-19(14(2)10-18(17)32-4)33-21-12-25-24(34-21)26-22(30)16-6-7-16/h5,12,14-19H,1,6-11,13H2,2-4H3,(H,25,26,30)/t14?,15-,17?,18?,19?/m1/s1. The number of thioether (sulfide) groups is 1. The predicted octanol–water partition coefficient (Wildman–Crippen LogP) is 3.26. The molecule has 1 N–H and O–H groups in total. The van der Waals surface area contributed by atoms with Crippen LogP contribution in [0, 0.1) is 17.8 Å². The van der Waals surface area contributed by atoms with E-state index in [-0.39, 0.29) is 47.0 Å². The number of thiazole rings is 1. The molecule has 0 bridgehead atoms. The Kier molecular flexibility index (Phi) is 7.99. The van der Waals surface area contributed by atoms with Crippen molar-refractivity contribution >= 4 is 46.0 Å². The van der Waals surface area contributed by atoms with Crippen molar-refractivity contribution in [2.45, 2.75) is 61.1 Å². The fourth-order valence-electron chi connectivity index (χ4n) is 4.91. The first-order chi connectivity index (χ1) is 16.3. The molecule has 1 aromatic heterocycles. The molecule has 1 aromatic rings. The molecule has 5 atom stereocenters. The molecule has 1 saturated heterocycles. The topological polar surface area (TPSA) is 91.8 Å². The highest BCUT2D eigenvalue weighted by Gasteiger charge is 2.42. The smallest absolute Gasteiger partial charge is 0.246 e. The van der Waals surface area contributed by atoms with Crippen molar-refractivity contribution in [3.63, 3.8) is 0 Å². The van der Waals surface area contributed by atoms with E-state index in [9.17, 15) is 14.4 Å². The maximum atomic E-state index is 13.6. The molecule has 34 heavy (non-hydrogen) atoms. The van der Waals surface area contributed by atoms with Gasteiger partial charge in [0.25, 0.3) is 0 Å². The van der Waals surface area contributed by atoms with Crippen LogP contribution in [0.25, 0.3) is 0 Å². The Hall–Kier alpha value is -1.91. The van der Waals surface area contributed by atoms with Crippen molar-refractivity contribution in [2.75, 3.05) is 32.1 Å². The maximum absolute atomic E-state index is 13.6. The highest BCUT2D eigenvalue weighted by atomic mass is 32.2. The lowest BCUT2D eigenvalue weighted by Gasteiger charge is -2.44. The number of nitrogens with one attached hydrogen (secondary N) is 1. The SMILES string of the molecule is C=CC(=O)N1CCN(C(=O)C2CC(Sc3cnc(NC(=O)C4CC4)s3)C(C)CC2OC)C[C@H]1C. The third-order valence-corrected chi connectivity index (χ3v) is 9.66. The number of amides is 3.